The molecule has 0 unspecified atom stereocenters. The number of rotatable bonds is 6. The second-order valence-electron chi connectivity index (χ2n) is 5.88. The molecule has 0 aliphatic carbocycles. The molecule has 1 aromatic carbocycles. The highest BCUT2D eigenvalue weighted by Gasteiger charge is 2.48. The summed E-state index contributed by atoms with van der Waals surface area (Å²) in [7, 11) is 5.75. The molecule has 6 N–H and O–H groups in total. The minimum atomic E-state index is -3.28. The van der Waals surface area contributed by atoms with Gasteiger partial charge in [0.2, 0.25) is 0 Å². The normalized spacial score (nSPS) is 13.1. The first kappa shape index (κ1) is 20.4. The predicted octanol–water partition coefficient (Wildman–Crippen LogP) is 0.977. The van der Waals surface area contributed by atoms with Crippen molar-refractivity contribution in [2.24, 2.45) is 5.73 Å². The largest absolute Gasteiger partial charge is 0.496 e. The Kier molecular flexibility index (Phi) is 6.25. The van der Waals surface area contributed by atoms with Crippen molar-refractivity contribution >= 4 is 21.6 Å². The minimum absolute atomic E-state index is 0.0120. The van der Waals surface area contributed by atoms with Crippen LogP contribution in [-0.4, -0.2) is 45.3 Å². The Morgan fingerprint density at radius 3 is 1.87 bits per heavy atom. The highest BCUT2D eigenvalue weighted by atomic mass is 33.1. The lowest BCUT2D eigenvalue weighted by Crippen LogP contribution is -2.58. The number of nitrogens with two attached hydrogens (primary N) is 1. The molecule has 0 saturated heterocycles. The van der Waals surface area contributed by atoms with Crippen LogP contribution in [0.5, 0.6) is 11.5 Å². The van der Waals surface area contributed by atoms with E-state index in [-0.39, 0.29) is 16.1 Å². The molecular weight excluding hydrogens is 342 g/mol. The summed E-state index contributed by atoms with van der Waals surface area (Å²) in [6.07, 6.45) is 0. The van der Waals surface area contributed by atoms with Crippen molar-refractivity contribution in [3.05, 3.63) is 17.7 Å². The fraction of sp³-hybridized carbons (Fsp3) is 0.571. The van der Waals surface area contributed by atoms with Gasteiger partial charge in [-0.05, 0) is 12.1 Å². The van der Waals surface area contributed by atoms with Crippen molar-refractivity contribution in [1.29, 1.82) is 0 Å². The Hall–Kier alpha value is -0.680. The fourth-order valence-corrected chi connectivity index (χ4v) is 3.70. The molecule has 7 nitrogen and oxygen atoms in total. The first-order chi connectivity index (χ1) is 10.3. The summed E-state index contributed by atoms with van der Waals surface area (Å²) in [5.41, 5.74) is 4.70. The zero-order chi connectivity index (χ0) is 18.1. The molecule has 0 bridgehead atoms. The Labute approximate surface area is 143 Å². The van der Waals surface area contributed by atoms with Crippen LogP contribution in [0.1, 0.15) is 26.3 Å². The van der Waals surface area contributed by atoms with Crippen LogP contribution in [0.2, 0.25) is 0 Å². The van der Waals surface area contributed by atoms with Gasteiger partial charge in [-0.3, -0.25) is 5.73 Å². The van der Waals surface area contributed by atoms with Crippen LogP contribution in [0.25, 0.3) is 0 Å². The van der Waals surface area contributed by atoms with E-state index in [9.17, 15) is 20.4 Å². The second-order valence-corrected chi connectivity index (χ2v) is 8.88. The van der Waals surface area contributed by atoms with E-state index in [1.165, 1.54) is 37.1 Å². The second kappa shape index (κ2) is 7.06. The Balaban J connectivity index is 3.36. The van der Waals surface area contributed by atoms with Crippen LogP contribution >= 0.6 is 21.6 Å². The summed E-state index contributed by atoms with van der Waals surface area (Å²) < 4.78 is 10.4. The first-order valence-corrected chi connectivity index (χ1v) is 8.79. The quantitative estimate of drug-likeness (QED) is 0.370. The standard InChI is InChI=1S/C14H23NO6S2/c1-12(2,3)23-22-11-7-9(20-4)8(6-10(11)21-5)13(16,17)14(15,18)19/h6-7,16-19H,15H2,1-5H3. The number of hydrogen-bond donors (Lipinski definition) is 5. The third kappa shape index (κ3) is 4.90. The number of hydrogen-bond acceptors (Lipinski definition) is 9. The first-order valence-electron chi connectivity index (χ1n) is 6.64. The minimum Gasteiger partial charge on any atom is -0.496 e. The van der Waals surface area contributed by atoms with Crippen molar-refractivity contribution in [2.45, 2.75) is 42.1 Å². The van der Waals surface area contributed by atoms with Crippen molar-refractivity contribution in [2.75, 3.05) is 14.2 Å². The van der Waals surface area contributed by atoms with E-state index >= 15 is 0 Å². The SMILES string of the molecule is COc1cc(C(O)(O)C(N)(O)O)c(OC)cc1SSC(C)(C)C. The molecule has 1 rings (SSSR count). The number of benzene rings is 1. The van der Waals surface area contributed by atoms with Gasteiger partial charge in [-0.15, -0.1) is 0 Å². The van der Waals surface area contributed by atoms with Gasteiger partial charge < -0.3 is 29.9 Å². The summed E-state index contributed by atoms with van der Waals surface area (Å²) >= 11 is 0. The predicted molar refractivity (Wildman–Crippen MR) is 90.2 cm³/mol. The van der Waals surface area contributed by atoms with E-state index in [0.717, 1.165) is 0 Å². The van der Waals surface area contributed by atoms with Crippen molar-refractivity contribution in [1.82, 2.24) is 0 Å². The maximum Gasteiger partial charge on any atom is 0.281 e. The summed E-state index contributed by atoms with van der Waals surface area (Å²) in [5, 5.41) is 38.8. The third-order valence-corrected chi connectivity index (χ3v) is 6.13. The molecule has 0 fully saturated rings. The Morgan fingerprint density at radius 1 is 0.957 bits per heavy atom. The van der Waals surface area contributed by atoms with Crippen LogP contribution in [0, 0.1) is 0 Å². The zero-order valence-electron chi connectivity index (χ0n) is 13.7. The van der Waals surface area contributed by atoms with E-state index in [4.69, 9.17) is 15.2 Å². The molecule has 0 aliphatic rings. The summed E-state index contributed by atoms with van der Waals surface area (Å²) in [6, 6.07) is 2.77. The molecule has 0 amide bonds. The number of aliphatic hydroxyl groups is 4. The molecule has 0 aromatic heterocycles. The van der Waals surface area contributed by atoms with E-state index in [2.05, 4.69) is 20.8 Å². The molecule has 0 atom stereocenters. The maximum atomic E-state index is 9.99. The van der Waals surface area contributed by atoms with Gasteiger partial charge in [-0.25, -0.2) is 0 Å². The third-order valence-electron chi connectivity index (χ3n) is 2.76. The average molecular weight is 365 g/mol. The smallest absolute Gasteiger partial charge is 0.281 e. The molecule has 0 spiro atoms. The van der Waals surface area contributed by atoms with Crippen molar-refractivity contribution in [3.63, 3.8) is 0 Å². The van der Waals surface area contributed by atoms with Gasteiger partial charge in [0, 0.05) is 4.75 Å². The highest BCUT2D eigenvalue weighted by molar-refractivity contribution is 8.77. The number of methoxy groups -OCH3 is 2. The summed E-state index contributed by atoms with van der Waals surface area (Å²) in [4.78, 5) is 0.683. The fourth-order valence-electron chi connectivity index (χ4n) is 1.58. The van der Waals surface area contributed by atoms with Crippen molar-refractivity contribution in [3.8, 4) is 11.5 Å². The lowest BCUT2D eigenvalue weighted by Gasteiger charge is -2.33. The Morgan fingerprint density at radius 2 is 1.48 bits per heavy atom. The molecule has 23 heavy (non-hydrogen) atoms. The van der Waals surface area contributed by atoms with Crippen LogP contribution in [0.4, 0.5) is 0 Å². The van der Waals surface area contributed by atoms with Gasteiger partial charge in [-0.2, -0.15) is 0 Å². The van der Waals surface area contributed by atoms with Gasteiger partial charge in [0.1, 0.15) is 11.5 Å². The molecule has 1 aromatic rings. The van der Waals surface area contributed by atoms with E-state index < -0.39 is 11.7 Å². The average Bonchev–Trinajstić information content (AvgIpc) is 2.41. The van der Waals surface area contributed by atoms with Crippen molar-refractivity contribution < 1.29 is 29.9 Å². The topological polar surface area (TPSA) is 125 Å². The summed E-state index contributed by atoms with van der Waals surface area (Å²) in [6.45, 7) is 6.15. The summed E-state index contributed by atoms with van der Waals surface area (Å²) in [5.74, 6) is -6.07. The van der Waals surface area contributed by atoms with Crippen LogP contribution in [0.15, 0.2) is 17.0 Å². The van der Waals surface area contributed by atoms with Gasteiger partial charge in [-0.1, -0.05) is 42.4 Å². The van der Waals surface area contributed by atoms with Gasteiger partial charge >= 0.3 is 0 Å². The van der Waals surface area contributed by atoms with Crippen LogP contribution in [-0.2, 0) is 5.79 Å². The molecule has 9 heteroatoms. The van der Waals surface area contributed by atoms with E-state index in [0.29, 0.717) is 10.6 Å². The number of ether oxygens (including phenoxy) is 2. The molecular formula is C14H23NO6S2. The molecule has 0 radical (unpaired) electrons. The molecule has 0 saturated carbocycles. The zero-order valence-corrected chi connectivity index (χ0v) is 15.3. The van der Waals surface area contributed by atoms with E-state index in [1.54, 1.807) is 10.8 Å². The van der Waals surface area contributed by atoms with Crippen LogP contribution in [0.3, 0.4) is 0 Å². The molecule has 132 valence electrons. The molecule has 0 aliphatic heterocycles. The van der Waals surface area contributed by atoms with E-state index in [1.807, 2.05) is 0 Å². The Bertz CT molecular complexity index is 551. The monoisotopic (exact) mass is 365 g/mol. The lowest BCUT2D eigenvalue weighted by atomic mass is 10.0. The van der Waals surface area contributed by atoms with Gasteiger partial charge in [0.05, 0.1) is 24.7 Å². The molecule has 0 heterocycles. The van der Waals surface area contributed by atoms with Gasteiger partial charge in [0.25, 0.3) is 11.7 Å². The maximum absolute atomic E-state index is 9.99. The van der Waals surface area contributed by atoms with Crippen LogP contribution < -0.4 is 15.2 Å². The van der Waals surface area contributed by atoms with Gasteiger partial charge in [0.15, 0.2) is 0 Å². The lowest BCUT2D eigenvalue weighted by molar-refractivity contribution is -0.363. The highest BCUT2D eigenvalue weighted by Crippen LogP contribution is 2.47.